The number of anilines is 1. The first-order valence-corrected chi connectivity index (χ1v) is 6.00. The Hall–Kier alpha value is -2.30. The normalized spacial score (nSPS) is 10.5. The Kier molecular flexibility index (Phi) is 3.55. The van der Waals surface area contributed by atoms with E-state index < -0.39 is 5.97 Å². The van der Waals surface area contributed by atoms with Gasteiger partial charge in [0.05, 0.1) is 17.4 Å². The summed E-state index contributed by atoms with van der Waals surface area (Å²) in [6.07, 6.45) is 3.71. The van der Waals surface area contributed by atoms with Gasteiger partial charge in [0.15, 0.2) is 0 Å². The summed E-state index contributed by atoms with van der Waals surface area (Å²) in [7, 11) is 3.75. The Balaban J connectivity index is 2.32. The number of nitrogens with zero attached hydrogens (tertiary/aromatic N) is 3. The van der Waals surface area contributed by atoms with Crippen LogP contribution in [0.15, 0.2) is 30.6 Å². The predicted molar refractivity (Wildman–Crippen MR) is 73.5 cm³/mol. The molecule has 1 aromatic heterocycles. The Morgan fingerprint density at radius 2 is 2.21 bits per heavy atom. The van der Waals surface area contributed by atoms with Gasteiger partial charge in [0.2, 0.25) is 0 Å². The zero-order valence-corrected chi connectivity index (χ0v) is 11.3. The minimum absolute atomic E-state index is 0.325. The first-order chi connectivity index (χ1) is 8.99. The van der Waals surface area contributed by atoms with Crippen molar-refractivity contribution >= 4 is 11.7 Å². The number of carbonyl (C=O) groups is 1. The Morgan fingerprint density at radius 1 is 1.47 bits per heavy atom. The number of benzene rings is 1. The van der Waals surface area contributed by atoms with Gasteiger partial charge in [-0.3, -0.25) is 4.68 Å². The summed E-state index contributed by atoms with van der Waals surface area (Å²) in [6.45, 7) is 2.54. The zero-order valence-electron chi connectivity index (χ0n) is 11.3. The maximum absolute atomic E-state index is 11.3. The lowest BCUT2D eigenvalue weighted by Gasteiger charge is -2.22. The molecule has 0 aliphatic heterocycles. The Morgan fingerprint density at radius 3 is 2.79 bits per heavy atom. The number of aryl methyl sites for hydroxylation is 2. The highest BCUT2D eigenvalue weighted by Crippen LogP contribution is 2.25. The van der Waals surface area contributed by atoms with Crippen LogP contribution < -0.4 is 4.90 Å². The van der Waals surface area contributed by atoms with E-state index in [9.17, 15) is 9.90 Å². The molecule has 0 atom stereocenters. The van der Waals surface area contributed by atoms with Gasteiger partial charge in [-0.05, 0) is 18.6 Å². The second-order valence-electron chi connectivity index (χ2n) is 4.65. The highest BCUT2D eigenvalue weighted by molar-refractivity contribution is 5.95. The third-order valence-corrected chi connectivity index (χ3v) is 3.03. The van der Waals surface area contributed by atoms with E-state index in [0.29, 0.717) is 12.1 Å². The minimum atomic E-state index is -0.906. The van der Waals surface area contributed by atoms with Crippen LogP contribution in [0.1, 0.15) is 21.5 Å². The van der Waals surface area contributed by atoms with Gasteiger partial charge in [-0.15, -0.1) is 0 Å². The first kappa shape index (κ1) is 13.1. The second kappa shape index (κ2) is 5.14. The molecular formula is C14H17N3O2. The van der Waals surface area contributed by atoms with Crippen LogP contribution >= 0.6 is 0 Å². The van der Waals surface area contributed by atoms with E-state index in [4.69, 9.17) is 0 Å². The van der Waals surface area contributed by atoms with Gasteiger partial charge in [0.1, 0.15) is 0 Å². The summed E-state index contributed by atoms with van der Waals surface area (Å²) in [5.74, 6) is -0.906. The van der Waals surface area contributed by atoms with Crippen LogP contribution in [0.4, 0.5) is 5.69 Å². The van der Waals surface area contributed by atoms with Gasteiger partial charge in [-0.25, -0.2) is 4.79 Å². The number of para-hydroxylation sites is 1. The molecule has 0 bridgehead atoms. The maximum atomic E-state index is 11.3. The molecule has 0 radical (unpaired) electrons. The molecule has 1 heterocycles. The second-order valence-corrected chi connectivity index (χ2v) is 4.65. The number of aromatic nitrogens is 2. The Labute approximate surface area is 112 Å². The molecule has 0 fully saturated rings. The highest BCUT2D eigenvalue weighted by Gasteiger charge is 2.16. The third-order valence-electron chi connectivity index (χ3n) is 3.03. The van der Waals surface area contributed by atoms with Crippen LogP contribution in [0.2, 0.25) is 0 Å². The van der Waals surface area contributed by atoms with Crippen molar-refractivity contribution in [3.63, 3.8) is 0 Å². The summed E-state index contributed by atoms with van der Waals surface area (Å²) in [5, 5.41) is 13.4. The van der Waals surface area contributed by atoms with Crippen molar-refractivity contribution in [3.8, 4) is 0 Å². The lowest BCUT2D eigenvalue weighted by molar-refractivity contribution is 0.0697. The van der Waals surface area contributed by atoms with Crippen molar-refractivity contribution < 1.29 is 9.90 Å². The van der Waals surface area contributed by atoms with Gasteiger partial charge >= 0.3 is 5.97 Å². The molecule has 2 aromatic rings. The fraction of sp³-hybridized carbons (Fsp3) is 0.286. The topological polar surface area (TPSA) is 58.4 Å². The van der Waals surface area contributed by atoms with E-state index in [1.165, 1.54) is 0 Å². The summed E-state index contributed by atoms with van der Waals surface area (Å²) in [4.78, 5) is 13.2. The molecule has 0 spiro atoms. The van der Waals surface area contributed by atoms with E-state index in [1.807, 2.05) is 38.2 Å². The average molecular weight is 259 g/mol. The molecule has 5 nitrogen and oxygen atoms in total. The number of aromatic carboxylic acids is 1. The van der Waals surface area contributed by atoms with Crippen molar-refractivity contribution in [1.82, 2.24) is 9.78 Å². The molecule has 0 amide bonds. The summed E-state index contributed by atoms with van der Waals surface area (Å²) < 4.78 is 1.74. The van der Waals surface area contributed by atoms with Crippen molar-refractivity contribution in [1.29, 1.82) is 0 Å². The molecule has 2 rings (SSSR count). The zero-order chi connectivity index (χ0) is 14.0. The van der Waals surface area contributed by atoms with E-state index in [1.54, 1.807) is 23.0 Å². The van der Waals surface area contributed by atoms with Gasteiger partial charge in [0.25, 0.3) is 0 Å². The smallest absolute Gasteiger partial charge is 0.337 e. The summed E-state index contributed by atoms with van der Waals surface area (Å²) in [5.41, 5.74) is 3.07. The molecular weight excluding hydrogens is 242 g/mol. The largest absolute Gasteiger partial charge is 0.478 e. The average Bonchev–Trinajstić information content (AvgIpc) is 2.74. The number of carboxylic acid groups (broad SMARTS) is 1. The standard InChI is InChI=1S/C14H17N3O2/c1-10-5-4-6-12(14(18)19)13(10)16(2)8-11-7-15-17(3)9-11/h4-7,9H,8H2,1-3H3,(H,18,19). The summed E-state index contributed by atoms with van der Waals surface area (Å²) >= 11 is 0. The number of hydrogen-bond donors (Lipinski definition) is 1. The van der Waals surface area contributed by atoms with Crippen molar-refractivity contribution in [3.05, 3.63) is 47.3 Å². The van der Waals surface area contributed by atoms with Crippen LogP contribution in [-0.4, -0.2) is 27.9 Å². The van der Waals surface area contributed by atoms with Crippen LogP contribution in [0.5, 0.6) is 0 Å². The predicted octanol–water partition coefficient (Wildman–Crippen LogP) is 2.06. The van der Waals surface area contributed by atoms with Crippen molar-refractivity contribution in [2.75, 3.05) is 11.9 Å². The monoisotopic (exact) mass is 259 g/mol. The third kappa shape index (κ3) is 2.76. The van der Waals surface area contributed by atoms with Crippen LogP contribution in [-0.2, 0) is 13.6 Å². The maximum Gasteiger partial charge on any atom is 0.337 e. The van der Waals surface area contributed by atoms with E-state index >= 15 is 0 Å². The molecule has 19 heavy (non-hydrogen) atoms. The van der Waals surface area contributed by atoms with E-state index in [-0.39, 0.29) is 0 Å². The van der Waals surface area contributed by atoms with Gasteiger partial charge in [0, 0.05) is 32.4 Å². The molecule has 1 N–H and O–H groups in total. The van der Waals surface area contributed by atoms with Crippen molar-refractivity contribution in [2.24, 2.45) is 7.05 Å². The van der Waals surface area contributed by atoms with E-state index in [0.717, 1.165) is 16.8 Å². The molecule has 1 aromatic carbocycles. The quantitative estimate of drug-likeness (QED) is 0.913. The molecule has 0 saturated carbocycles. The van der Waals surface area contributed by atoms with E-state index in [2.05, 4.69) is 5.10 Å². The van der Waals surface area contributed by atoms with Crippen LogP contribution in [0.25, 0.3) is 0 Å². The molecule has 5 heteroatoms. The minimum Gasteiger partial charge on any atom is -0.478 e. The molecule has 100 valence electrons. The van der Waals surface area contributed by atoms with Crippen LogP contribution in [0, 0.1) is 6.92 Å². The SMILES string of the molecule is Cc1cccc(C(=O)O)c1N(C)Cc1cnn(C)c1. The van der Waals surface area contributed by atoms with Crippen molar-refractivity contribution in [2.45, 2.75) is 13.5 Å². The molecule has 0 saturated heterocycles. The highest BCUT2D eigenvalue weighted by atomic mass is 16.4. The fourth-order valence-corrected chi connectivity index (χ4v) is 2.24. The lowest BCUT2D eigenvalue weighted by atomic mass is 10.1. The first-order valence-electron chi connectivity index (χ1n) is 6.00. The number of carboxylic acids is 1. The molecule has 0 aliphatic rings. The lowest BCUT2D eigenvalue weighted by Crippen LogP contribution is -2.20. The van der Waals surface area contributed by atoms with Crippen LogP contribution in [0.3, 0.4) is 0 Å². The fourth-order valence-electron chi connectivity index (χ4n) is 2.24. The molecule has 0 aliphatic carbocycles. The molecule has 0 unspecified atom stereocenters. The van der Waals surface area contributed by atoms with Gasteiger partial charge in [-0.2, -0.15) is 5.10 Å². The Bertz CT molecular complexity index is 604. The number of rotatable bonds is 4. The summed E-state index contributed by atoms with van der Waals surface area (Å²) in [6, 6.07) is 5.31. The number of hydrogen-bond acceptors (Lipinski definition) is 3. The van der Waals surface area contributed by atoms with Gasteiger partial charge < -0.3 is 10.0 Å². The van der Waals surface area contributed by atoms with Gasteiger partial charge in [-0.1, -0.05) is 12.1 Å².